The Kier molecular flexibility index (Phi) is 16.7. The predicted octanol–water partition coefficient (Wildman–Crippen LogP) is 7.69. The molecule has 4 heteroatoms. The number of hydrogen-bond donors (Lipinski definition) is 0. The first-order valence-corrected chi connectivity index (χ1v) is 15.3. The van der Waals surface area contributed by atoms with Crippen molar-refractivity contribution in [1.29, 1.82) is 0 Å². The molecule has 3 nitrogen and oxygen atoms in total. The van der Waals surface area contributed by atoms with E-state index in [1.807, 2.05) is 26.0 Å². The second-order valence-electron chi connectivity index (χ2n) is 8.99. The van der Waals surface area contributed by atoms with Crippen LogP contribution in [-0.2, 0) is 14.0 Å². The lowest BCUT2D eigenvalue weighted by Gasteiger charge is -2.34. The maximum absolute atomic E-state index is 12.6. The monoisotopic (exact) mass is 472 g/mol. The van der Waals surface area contributed by atoms with Crippen molar-refractivity contribution < 1.29 is 14.0 Å². The van der Waals surface area contributed by atoms with Crippen LogP contribution in [0.1, 0.15) is 88.0 Å². The number of hydrogen-bond acceptors (Lipinski definition) is 3. The van der Waals surface area contributed by atoms with Crippen molar-refractivity contribution in [3.05, 3.63) is 23.8 Å². The molecule has 0 aliphatic rings. The van der Waals surface area contributed by atoms with Gasteiger partial charge in [-0.15, -0.1) is 17.8 Å². The van der Waals surface area contributed by atoms with Gasteiger partial charge in [0.15, 0.2) is 8.32 Å². The molecule has 0 saturated heterocycles. The fourth-order valence-electron chi connectivity index (χ4n) is 3.95. The summed E-state index contributed by atoms with van der Waals surface area (Å²) in [5.74, 6) is 11.9. The molecule has 186 valence electrons. The first kappa shape index (κ1) is 31.2. The molecule has 0 aromatic carbocycles. The average Bonchev–Trinajstić information content (AvgIpc) is 2.80. The van der Waals surface area contributed by atoms with E-state index in [1.165, 1.54) is 0 Å². The number of unbranched alkanes of at least 4 members (excludes halogenated alkanes) is 2. The van der Waals surface area contributed by atoms with E-state index in [9.17, 15) is 4.79 Å². The Bertz CT molecular complexity index is 732. The van der Waals surface area contributed by atoms with Crippen LogP contribution in [0.3, 0.4) is 0 Å². The van der Waals surface area contributed by atoms with Crippen molar-refractivity contribution in [2.45, 2.75) is 118 Å². The fraction of sp³-hybridized carbons (Fsp3) is 0.690. The molecule has 0 heterocycles. The molecule has 0 rings (SSSR count). The largest absolute Gasteiger partial charge is 0.457 e. The van der Waals surface area contributed by atoms with Crippen LogP contribution >= 0.6 is 0 Å². The Hall–Kier alpha value is -1.75. The quantitative estimate of drug-likeness (QED) is 0.0805. The Morgan fingerprint density at radius 2 is 1.61 bits per heavy atom. The van der Waals surface area contributed by atoms with Crippen LogP contribution in [0.4, 0.5) is 0 Å². The second kappa shape index (κ2) is 17.7. The molecule has 0 saturated carbocycles. The predicted molar refractivity (Wildman–Crippen MR) is 144 cm³/mol. The summed E-state index contributed by atoms with van der Waals surface area (Å²) >= 11 is 0. The summed E-state index contributed by atoms with van der Waals surface area (Å²) in [4.78, 5) is 12.6. The van der Waals surface area contributed by atoms with Gasteiger partial charge in [-0.25, -0.2) is 0 Å². The lowest BCUT2D eigenvalue weighted by Crippen LogP contribution is -2.40. The summed E-state index contributed by atoms with van der Waals surface area (Å²) in [6.07, 6.45) is 8.91. The summed E-state index contributed by atoms with van der Waals surface area (Å²) < 4.78 is 12.7. The molecule has 0 aliphatic carbocycles. The van der Waals surface area contributed by atoms with E-state index in [-0.39, 0.29) is 30.0 Å². The number of rotatable bonds is 15. The van der Waals surface area contributed by atoms with E-state index in [0.717, 1.165) is 43.0 Å². The lowest BCUT2D eigenvalue weighted by molar-refractivity contribution is -0.148. The Morgan fingerprint density at radius 1 is 0.970 bits per heavy atom. The first-order valence-electron chi connectivity index (χ1n) is 12.7. The van der Waals surface area contributed by atoms with Gasteiger partial charge in [-0.2, -0.15) is 0 Å². The van der Waals surface area contributed by atoms with Crippen molar-refractivity contribution in [3.63, 3.8) is 0 Å². The summed E-state index contributed by atoms with van der Waals surface area (Å²) in [6, 6.07) is 3.43. The number of allylic oxidation sites excluding steroid dienone is 1. The normalized spacial score (nSPS) is 15.6. The Morgan fingerprint density at radius 3 is 2.15 bits per heavy atom. The van der Waals surface area contributed by atoms with E-state index in [2.05, 4.69) is 78.2 Å². The van der Waals surface area contributed by atoms with E-state index in [1.54, 1.807) is 0 Å². The topological polar surface area (TPSA) is 35.5 Å². The lowest BCUT2D eigenvalue weighted by atomic mass is 9.93. The van der Waals surface area contributed by atoms with E-state index in [4.69, 9.17) is 9.16 Å². The van der Waals surface area contributed by atoms with Crippen LogP contribution in [0.15, 0.2) is 23.8 Å². The molecule has 4 atom stereocenters. The summed E-state index contributed by atoms with van der Waals surface area (Å²) in [5, 5.41) is 0. The van der Waals surface area contributed by atoms with Crippen LogP contribution in [0.2, 0.25) is 18.1 Å². The molecule has 0 bridgehead atoms. The van der Waals surface area contributed by atoms with Crippen molar-refractivity contribution in [3.8, 4) is 23.7 Å². The maximum atomic E-state index is 12.6. The van der Waals surface area contributed by atoms with Gasteiger partial charge in [0.25, 0.3) is 0 Å². The number of carbonyl (C=O) groups is 1. The van der Waals surface area contributed by atoms with E-state index in [0.29, 0.717) is 6.42 Å². The van der Waals surface area contributed by atoms with Gasteiger partial charge >= 0.3 is 5.97 Å². The first-order chi connectivity index (χ1) is 15.7. The molecule has 0 fully saturated rings. The summed E-state index contributed by atoms with van der Waals surface area (Å²) in [5.41, 5.74) is 1.07. The highest BCUT2D eigenvalue weighted by Gasteiger charge is 2.32. The third kappa shape index (κ3) is 12.3. The van der Waals surface area contributed by atoms with Gasteiger partial charge in [-0.05, 0) is 76.2 Å². The van der Waals surface area contributed by atoms with Crippen LogP contribution < -0.4 is 0 Å². The highest BCUT2D eigenvalue weighted by molar-refractivity contribution is 6.73. The SMILES string of the molecule is CC#C/C=C\[C@H](C)[C@@H](OC(=O)CCCCC#CC)/C(C)=C/[C@H](C)[C@@H](C)O[Si](CC)(CC)CC. The van der Waals surface area contributed by atoms with Gasteiger partial charge in [-0.3, -0.25) is 4.79 Å². The zero-order chi connectivity index (χ0) is 25.3. The highest BCUT2D eigenvalue weighted by Crippen LogP contribution is 2.27. The smallest absolute Gasteiger partial charge is 0.306 e. The number of esters is 1. The molecule has 0 aromatic rings. The highest BCUT2D eigenvalue weighted by atomic mass is 28.4. The Balaban J connectivity index is 5.44. The molecule has 0 spiro atoms. The zero-order valence-electron chi connectivity index (χ0n) is 22.7. The third-order valence-electron chi connectivity index (χ3n) is 6.56. The van der Waals surface area contributed by atoms with Gasteiger partial charge in [0, 0.05) is 24.9 Å². The van der Waals surface area contributed by atoms with Crippen molar-refractivity contribution in [2.24, 2.45) is 11.8 Å². The average molecular weight is 473 g/mol. The van der Waals surface area contributed by atoms with Gasteiger partial charge in [-0.1, -0.05) is 52.7 Å². The van der Waals surface area contributed by atoms with E-state index < -0.39 is 8.32 Å². The van der Waals surface area contributed by atoms with Gasteiger partial charge in [0.05, 0.1) is 0 Å². The molecule has 33 heavy (non-hydrogen) atoms. The molecule has 0 aromatic heterocycles. The van der Waals surface area contributed by atoms with Crippen LogP contribution in [0.25, 0.3) is 0 Å². The standard InChI is InChI=1S/C29H48O3Si/c1-10-15-17-18-20-22-28(30)31-29(24(6)21-19-16-11-2)26(8)23-25(7)27(9)32-33(12-3,13-4)14-5/h19,21,23-25,27,29H,12-14,17-18,20,22H2,1-9H3/b21-19-,26-23+/t24-,25-,27+,29+/m0/s1. The molecule has 0 amide bonds. The summed E-state index contributed by atoms with van der Waals surface area (Å²) in [7, 11) is -1.67. The second-order valence-corrected chi connectivity index (χ2v) is 13.7. The van der Waals surface area contributed by atoms with E-state index >= 15 is 0 Å². The zero-order valence-corrected chi connectivity index (χ0v) is 23.7. The molecular weight excluding hydrogens is 424 g/mol. The summed E-state index contributed by atoms with van der Waals surface area (Å²) in [6.45, 7) is 19.0. The fourth-order valence-corrected chi connectivity index (χ4v) is 6.96. The number of carbonyl (C=O) groups excluding carboxylic acids is 1. The minimum Gasteiger partial charge on any atom is -0.457 e. The van der Waals surface area contributed by atoms with Crippen molar-refractivity contribution in [1.82, 2.24) is 0 Å². The molecule has 0 aliphatic heterocycles. The van der Waals surface area contributed by atoms with Crippen molar-refractivity contribution in [2.75, 3.05) is 0 Å². The minimum atomic E-state index is -1.67. The van der Waals surface area contributed by atoms with Gasteiger partial charge < -0.3 is 9.16 Å². The van der Waals surface area contributed by atoms with Gasteiger partial charge in [0.2, 0.25) is 0 Å². The number of ether oxygens (including phenoxy) is 1. The Labute approximate surface area is 205 Å². The van der Waals surface area contributed by atoms with Crippen LogP contribution in [0, 0.1) is 35.5 Å². The maximum Gasteiger partial charge on any atom is 0.306 e. The molecule has 0 unspecified atom stereocenters. The molecular formula is C29H48O3Si. The molecule has 0 radical (unpaired) electrons. The third-order valence-corrected chi connectivity index (χ3v) is 11.3. The van der Waals surface area contributed by atoms with Crippen molar-refractivity contribution >= 4 is 14.3 Å². The van der Waals surface area contributed by atoms with Crippen LogP contribution in [-0.4, -0.2) is 26.5 Å². The molecule has 0 N–H and O–H groups in total. The minimum absolute atomic E-state index is 0.0378. The van der Waals surface area contributed by atoms with Gasteiger partial charge in [0.1, 0.15) is 6.10 Å². The van der Waals surface area contributed by atoms with Crippen LogP contribution in [0.5, 0.6) is 0 Å².